The molecular weight excluding hydrogens is 268 g/mol. The van der Waals surface area contributed by atoms with Gasteiger partial charge in [0.05, 0.1) is 0 Å². The summed E-state index contributed by atoms with van der Waals surface area (Å²) in [4.78, 5) is 9.68. The summed E-state index contributed by atoms with van der Waals surface area (Å²) in [6, 6.07) is 0. The van der Waals surface area contributed by atoms with Crippen LogP contribution in [0.1, 0.15) is 80.1 Å². The van der Waals surface area contributed by atoms with Crippen LogP contribution in [0, 0.1) is 23.7 Å². The number of rotatable bonds is 8. The van der Waals surface area contributed by atoms with Crippen molar-refractivity contribution in [2.45, 2.75) is 80.1 Å². The van der Waals surface area contributed by atoms with Gasteiger partial charge in [-0.2, -0.15) is 0 Å². The molecule has 1 rings (SSSR count). The SMILES string of the molecule is C/C(CC(C)C)=N/CC1CCCC(C/N=C(/C)CC(C)C)C1. The van der Waals surface area contributed by atoms with E-state index in [0.29, 0.717) is 0 Å². The Kier molecular flexibility index (Phi) is 8.97. The van der Waals surface area contributed by atoms with Crippen molar-refractivity contribution in [2.75, 3.05) is 13.1 Å². The number of hydrogen-bond acceptors (Lipinski definition) is 2. The van der Waals surface area contributed by atoms with Gasteiger partial charge in [0.15, 0.2) is 0 Å². The minimum Gasteiger partial charge on any atom is -0.294 e. The molecule has 1 fully saturated rings. The van der Waals surface area contributed by atoms with E-state index in [2.05, 4.69) is 41.5 Å². The zero-order chi connectivity index (χ0) is 16.5. The standard InChI is InChI=1S/C20H38N2/c1-15(2)10-17(5)21-13-19-8-7-9-20(12-19)14-22-18(6)11-16(3)4/h15-16,19-20H,7-14H2,1-6H3/b21-17-,22-18-. The van der Waals surface area contributed by atoms with E-state index >= 15 is 0 Å². The van der Waals surface area contributed by atoms with Crippen LogP contribution in [0.15, 0.2) is 9.98 Å². The number of nitrogens with zero attached hydrogens (tertiary/aromatic N) is 2. The van der Waals surface area contributed by atoms with Crippen LogP contribution in [0.25, 0.3) is 0 Å². The molecule has 0 amide bonds. The Balaban J connectivity index is 2.38. The first kappa shape index (κ1) is 19.4. The smallest absolute Gasteiger partial charge is 0.0416 e. The quantitative estimate of drug-likeness (QED) is 0.506. The molecule has 2 heteroatoms. The summed E-state index contributed by atoms with van der Waals surface area (Å²) in [7, 11) is 0. The molecule has 0 aromatic carbocycles. The normalized spacial score (nSPS) is 24.4. The summed E-state index contributed by atoms with van der Waals surface area (Å²) in [6.07, 6.45) is 7.72. The van der Waals surface area contributed by atoms with Gasteiger partial charge < -0.3 is 0 Å². The van der Waals surface area contributed by atoms with Crippen LogP contribution in [0.3, 0.4) is 0 Å². The molecule has 2 nitrogen and oxygen atoms in total. The van der Waals surface area contributed by atoms with Gasteiger partial charge in [-0.05, 0) is 69.6 Å². The molecule has 0 radical (unpaired) electrons. The fourth-order valence-corrected chi connectivity index (χ4v) is 3.61. The van der Waals surface area contributed by atoms with Gasteiger partial charge in [0.2, 0.25) is 0 Å². The first-order valence-corrected chi connectivity index (χ1v) is 9.36. The summed E-state index contributed by atoms with van der Waals surface area (Å²) in [6.45, 7) is 15.6. The third kappa shape index (κ3) is 8.70. The molecule has 1 aliphatic rings. The molecule has 1 saturated carbocycles. The maximum Gasteiger partial charge on any atom is 0.0416 e. The van der Waals surface area contributed by atoms with Gasteiger partial charge in [-0.3, -0.25) is 9.98 Å². The second kappa shape index (κ2) is 10.2. The molecule has 2 unspecified atom stereocenters. The highest BCUT2D eigenvalue weighted by atomic mass is 14.8. The van der Waals surface area contributed by atoms with Gasteiger partial charge in [0.25, 0.3) is 0 Å². The van der Waals surface area contributed by atoms with Crippen LogP contribution < -0.4 is 0 Å². The summed E-state index contributed by atoms with van der Waals surface area (Å²) >= 11 is 0. The number of hydrogen-bond donors (Lipinski definition) is 0. The maximum absolute atomic E-state index is 4.84. The van der Waals surface area contributed by atoms with Crippen molar-refractivity contribution in [3.63, 3.8) is 0 Å². The van der Waals surface area contributed by atoms with Gasteiger partial charge in [0.1, 0.15) is 0 Å². The van der Waals surface area contributed by atoms with E-state index in [1.807, 2.05) is 0 Å². The van der Waals surface area contributed by atoms with Crippen LogP contribution in [-0.4, -0.2) is 24.5 Å². The monoisotopic (exact) mass is 306 g/mol. The topological polar surface area (TPSA) is 24.7 Å². The van der Waals surface area contributed by atoms with Crippen LogP contribution in [-0.2, 0) is 0 Å². The lowest BCUT2D eigenvalue weighted by atomic mass is 9.81. The minimum atomic E-state index is 0.723. The van der Waals surface area contributed by atoms with Crippen molar-refractivity contribution in [1.82, 2.24) is 0 Å². The van der Waals surface area contributed by atoms with E-state index in [0.717, 1.165) is 49.6 Å². The highest BCUT2D eigenvalue weighted by Gasteiger charge is 2.21. The van der Waals surface area contributed by atoms with Crippen LogP contribution >= 0.6 is 0 Å². The molecular formula is C20H38N2. The van der Waals surface area contributed by atoms with Crippen molar-refractivity contribution in [3.8, 4) is 0 Å². The zero-order valence-electron chi connectivity index (χ0n) is 15.9. The molecule has 128 valence electrons. The second-order valence-corrected chi connectivity index (χ2v) is 8.25. The third-order valence-electron chi connectivity index (χ3n) is 4.54. The summed E-state index contributed by atoms with van der Waals surface area (Å²) in [5.74, 6) is 3.03. The Morgan fingerprint density at radius 3 is 1.59 bits per heavy atom. The lowest BCUT2D eigenvalue weighted by Gasteiger charge is -2.27. The Labute approximate surface area is 138 Å². The van der Waals surface area contributed by atoms with E-state index < -0.39 is 0 Å². The summed E-state index contributed by atoms with van der Waals surface area (Å²) < 4.78 is 0. The van der Waals surface area contributed by atoms with E-state index in [4.69, 9.17) is 9.98 Å². The van der Waals surface area contributed by atoms with Crippen LogP contribution in [0.2, 0.25) is 0 Å². The number of aliphatic imine (C=N–C) groups is 2. The van der Waals surface area contributed by atoms with Crippen LogP contribution in [0.4, 0.5) is 0 Å². The minimum absolute atomic E-state index is 0.723. The first-order valence-electron chi connectivity index (χ1n) is 9.36. The van der Waals surface area contributed by atoms with Crippen molar-refractivity contribution >= 4 is 11.4 Å². The highest BCUT2D eigenvalue weighted by Crippen LogP contribution is 2.29. The molecule has 22 heavy (non-hydrogen) atoms. The summed E-state index contributed by atoms with van der Waals surface area (Å²) in [5.41, 5.74) is 2.67. The Morgan fingerprint density at radius 1 is 0.818 bits per heavy atom. The zero-order valence-corrected chi connectivity index (χ0v) is 15.9. The van der Waals surface area contributed by atoms with Crippen molar-refractivity contribution < 1.29 is 0 Å². The largest absolute Gasteiger partial charge is 0.294 e. The molecule has 0 N–H and O–H groups in total. The fraction of sp³-hybridized carbons (Fsp3) is 0.900. The van der Waals surface area contributed by atoms with Crippen LogP contribution in [0.5, 0.6) is 0 Å². The molecule has 0 spiro atoms. The lowest BCUT2D eigenvalue weighted by molar-refractivity contribution is 0.278. The van der Waals surface area contributed by atoms with E-state index in [1.165, 1.54) is 37.1 Å². The molecule has 0 saturated heterocycles. The van der Waals surface area contributed by atoms with Gasteiger partial charge in [-0.25, -0.2) is 0 Å². The van der Waals surface area contributed by atoms with Gasteiger partial charge in [-0.1, -0.05) is 34.1 Å². The van der Waals surface area contributed by atoms with E-state index in [1.54, 1.807) is 0 Å². The first-order chi connectivity index (χ1) is 10.4. The van der Waals surface area contributed by atoms with Gasteiger partial charge in [0, 0.05) is 24.5 Å². The Bertz CT molecular complexity index is 332. The predicted molar refractivity (Wildman–Crippen MR) is 100 cm³/mol. The van der Waals surface area contributed by atoms with E-state index in [-0.39, 0.29) is 0 Å². The fourth-order valence-electron chi connectivity index (χ4n) is 3.61. The van der Waals surface area contributed by atoms with Gasteiger partial charge >= 0.3 is 0 Å². The molecule has 1 aliphatic carbocycles. The average Bonchev–Trinajstić information content (AvgIpc) is 2.42. The lowest BCUT2D eigenvalue weighted by Crippen LogP contribution is -2.20. The second-order valence-electron chi connectivity index (χ2n) is 8.25. The molecule has 0 aromatic heterocycles. The summed E-state index contributed by atoms with van der Waals surface area (Å²) in [5, 5.41) is 0. The highest BCUT2D eigenvalue weighted by molar-refractivity contribution is 5.82. The maximum atomic E-state index is 4.84. The van der Waals surface area contributed by atoms with E-state index in [9.17, 15) is 0 Å². The average molecular weight is 307 g/mol. The van der Waals surface area contributed by atoms with Crippen molar-refractivity contribution in [2.24, 2.45) is 33.7 Å². The molecule has 0 aliphatic heterocycles. The molecule has 2 atom stereocenters. The van der Waals surface area contributed by atoms with Crippen molar-refractivity contribution in [3.05, 3.63) is 0 Å². The Hall–Kier alpha value is -0.660. The molecule has 0 bridgehead atoms. The molecule has 0 heterocycles. The molecule has 0 aromatic rings. The Morgan fingerprint density at radius 2 is 1.23 bits per heavy atom. The third-order valence-corrected chi connectivity index (χ3v) is 4.54. The van der Waals surface area contributed by atoms with Crippen molar-refractivity contribution in [1.29, 1.82) is 0 Å². The predicted octanol–water partition coefficient (Wildman–Crippen LogP) is 5.81. The van der Waals surface area contributed by atoms with Gasteiger partial charge in [-0.15, -0.1) is 0 Å².